The van der Waals surface area contributed by atoms with E-state index in [9.17, 15) is 4.79 Å². The Morgan fingerprint density at radius 1 is 1.39 bits per heavy atom. The van der Waals surface area contributed by atoms with Crippen LogP contribution in [-0.2, 0) is 11.4 Å². The third kappa shape index (κ3) is 5.56. The van der Waals surface area contributed by atoms with Crippen LogP contribution in [0.5, 0.6) is 0 Å². The highest BCUT2D eigenvalue weighted by atomic mass is 32.2. The molecule has 0 saturated carbocycles. The maximum atomic E-state index is 11.7. The molecule has 2 N–H and O–H groups in total. The second-order valence-electron chi connectivity index (χ2n) is 4.35. The molecule has 100 valence electrons. The molecule has 1 unspecified atom stereocenters. The van der Waals surface area contributed by atoms with Gasteiger partial charge in [-0.1, -0.05) is 25.5 Å². The first-order valence-corrected chi connectivity index (χ1v) is 7.26. The van der Waals surface area contributed by atoms with Crippen molar-refractivity contribution in [2.24, 2.45) is 0 Å². The lowest BCUT2D eigenvalue weighted by Gasteiger charge is -2.12. The summed E-state index contributed by atoms with van der Waals surface area (Å²) in [5.41, 5.74) is 0.889. The van der Waals surface area contributed by atoms with Crippen LogP contribution in [0.3, 0.4) is 0 Å². The lowest BCUT2D eigenvalue weighted by molar-refractivity contribution is -0.119. The van der Waals surface area contributed by atoms with E-state index in [0.29, 0.717) is 5.75 Å². The van der Waals surface area contributed by atoms with E-state index in [2.05, 4.69) is 12.2 Å². The molecule has 1 atom stereocenters. The Balaban J connectivity index is 2.33. The maximum absolute atomic E-state index is 11.7. The first-order chi connectivity index (χ1) is 8.65. The van der Waals surface area contributed by atoms with Gasteiger partial charge in [0.1, 0.15) is 0 Å². The summed E-state index contributed by atoms with van der Waals surface area (Å²) < 4.78 is 0. The normalized spacial score (nSPS) is 12.2. The first-order valence-electron chi connectivity index (χ1n) is 6.27. The van der Waals surface area contributed by atoms with E-state index in [1.54, 1.807) is 0 Å². The Bertz CT molecular complexity index is 365. The minimum atomic E-state index is 0.0555. The fourth-order valence-electron chi connectivity index (χ4n) is 1.66. The summed E-state index contributed by atoms with van der Waals surface area (Å²) in [5, 5.41) is 11.9. The van der Waals surface area contributed by atoms with Crippen LogP contribution >= 0.6 is 11.8 Å². The Labute approximate surface area is 113 Å². The molecule has 0 spiro atoms. The summed E-state index contributed by atoms with van der Waals surface area (Å²) in [6, 6.07) is 7.86. The fourth-order valence-corrected chi connectivity index (χ4v) is 2.37. The minimum absolute atomic E-state index is 0.0555. The molecular formula is C14H21NO2S. The monoisotopic (exact) mass is 267 g/mol. The molecule has 0 saturated heterocycles. The Kier molecular flexibility index (Phi) is 6.83. The molecule has 4 heteroatoms. The highest BCUT2D eigenvalue weighted by Crippen LogP contribution is 2.18. The van der Waals surface area contributed by atoms with Crippen LogP contribution in [-0.4, -0.2) is 22.8 Å². The summed E-state index contributed by atoms with van der Waals surface area (Å²) in [7, 11) is 0. The number of benzene rings is 1. The van der Waals surface area contributed by atoms with Crippen molar-refractivity contribution in [3.63, 3.8) is 0 Å². The lowest BCUT2D eigenvalue weighted by Crippen LogP contribution is -2.33. The van der Waals surface area contributed by atoms with Crippen molar-refractivity contribution >= 4 is 17.7 Å². The topological polar surface area (TPSA) is 49.3 Å². The molecule has 0 aliphatic carbocycles. The molecule has 18 heavy (non-hydrogen) atoms. The van der Waals surface area contributed by atoms with Gasteiger partial charge in [-0.15, -0.1) is 11.8 Å². The van der Waals surface area contributed by atoms with Crippen LogP contribution in [0.1, 0.15) is 32.3 Å². The third-order valence-corrected chi connectivity index (χ3v) is 3.62. The summed E-state index contributed by atoms with van der Waals surface area (Å²) >= 11 is 1.51. The van der Waals surface area contributed by atoms with Gasteiger partial charge in [-0.2, -0.15) is 0 Å². The Morgan fingerprint density at radius 3 is 2.61 bits per heavy atom. The van der Waals surface area contributed by atoms with Gasteiger partial charge in [0.25, 0.3) is 0 Å². The maximum Gasteiger partial charge on any atom is 0.230 e. The molecule has 0 fully saturated rings. The summed E-state index contributed by atoms with van der Waals surface area (Å²) in [6.45, 7) is 4.20. The highest BCUT2D eigenvalue weighted by molar-refractivity contribution is 8.00. The molecular weight excluding hydrogens is 246 g/mol. The number of rotatable bonds is 7. The average Bonchev–Trinajstić information content (AvgIpc) is 2.37. The Hall–Kier alpha value is -1.00. The number of carbonyl (C=O) groups excluding carboxylic acids is 1. The fraction of sp³-hybridized carbons (Fsp3) is 0.500. The van der Waals surface area contributed by atoms with E-state index in [1.807, 2.05) is 31.2 Å². The number of aliphatic hydroxyl groups excluding tert-OH is 1. The summed E-state index contributed by atoms with van der Waals surface area (Å²) in [6.07, 6.45) is 2.10. The zero-order chi connectivity index (χ0) is 13.4. The number of thioether (sulfide) groups is 1. The molecule has 0 aliphatic rings. The van der Waals surface area contributed by atoms with Crippen LogP contribution in [0.25, 0.3) is 0 Å². The summed E-state index contributed by atoms with van der Waals surface area (Å²) in [5.74, 6) is 0.513. The smallest absolute Gasteiger partial charge is 0.230 e. The molecule has 1 aromatic carbocycles. The van der Waals surface area contributed by atoms with Gasteiger partial charge in [-0.05, 0) is 31.0 Å². The van der Waals surface area contributed by atoms with Crippen LogP contribution in [0.4, 0.5) is 0 Å². The Morgan fingerprint density at radius 2 is 2.06 bits per heavy atom. The predicted octanol–water partition coefficient (Wildman–Crippen LogP) is 2.58. The quantitative estimate of drug-likeness (QED) is 0.747. The van der Waals surface area contributed by atoms with Crippen molar-refractivity contribution in [2.75, 3.05) is 5.75 Å². The van der Waals surface area contributed by atoms with Crippen LogP contribution in [0.15, 0.2) is 29.2 Å². The largest absolute Gasteiger partial charge is 0.392 e. The van der Waals surface area contributed by atoms with E-state index in [-0.39, 0.29) is 18.6 Å². The van der Waals surface area contributed by atoms with Gasteiger partial charge in [-0.25, -0.2) is 0 Å². The lowest BCUT2D eigenvalue weighted by atomic mass is 10.2. The number of amides is 1. The van der Waals surface area contributed by atoms with Gasteiger partial charge in [0.05, 0.1) is 12.4 Å². The molecule has 1 amide bonds. The number of carbonyl (C=O) groups is 1. The van der Waals surface area contributed by atoms with Crippen molar-refractivity contribution in [3.8, 4) is 0 Å². The van der Waals surface area contributed by atoms with Crippen molar-refractivity contribution < 1.29 is 9.90 Å². The zero-order valence-corrected chi connectivity index (χ0v) is 11.8. The molecule has 1 rings (SSSR count). The molecule has 0 radical (unpaired) electrons. The van der Waals surface area contributed by atoms with Gasteiger partial charge in [0.15, 0.2) is 0 Å². The SMILES string of the molecule is CCCC(C)NC(=O)CSc1ccc(CO)cc1. The standard InChI is InChI=1S/C14H21NO2S/c1-3-4-11(2)15-14(17)10-18-13-7-5-12(9-16)6-8-13/h5-8,11,16H,3-4,9-10H2,1-2H3,(H,15,17). The van der Waals surface area contributed by atoms with Crippen molar-refractivity contribution in [2.45, 2.75) is 44.2 Å². The van der Waals surface area contributed by atoms with E-state index in [4.69, 9.17) is 5.11 Å². The average molecular weight is 267 g/mol. The molecule has 0 bridgehead atoms. The molecule has 1 aromatic rings. The van der Waals surface area contributed by atoms with Crippen molar-refractivity contribution in [1.82, 2.24) is 5.32 Å². The number of aliphatic hydroxyl groups is 1. The van der Waals surface area contributed by atoms with Gasteiger partial charge >= 0.3 is 0 Å². The minimum Gasteiger partial charge on any atom is -0.392 e. The van der Waals surface area contributed by atoms with Gasteiger partial charge in [-0.3, -0.25) is 4.79 Å². The highest BCUT2D eigenvalue weighted by Gasteiger charge is 2.06. The number of nitrogens with one attached hydrogen (secondary N) is 1. The molecule has 0 aromatic heterocycles. The molecule has 0 heterocycles. The molecule has 0 aliphatic heterocycles. The zero-order valence-electron chi connectivity index (χ0n) is 11.0. The molecule has 3 nitrogen and oxygen atoms in total. The van der Waals surface area contributed by atoms with Crippen LogP contribution in [0.2, 0.25) is 0 Å². The van der Waals surface area contributed by atoms with Crippen molar-refractivity contribution in [3.05, 3.63) is 29.8 Å². The summed E-state index contributed by atoms with van der Waals surface area (Å²) in [4.78, 5) is 12.7. The number of hydrogen-bond acceptors (Lipinski definition) is 3. The third-order valence-electron chi connectivity index (χ3n) is 2.60. The van der Waals surface area contributed by atoms with Gasteiger partial charge in [0.2, 0.25) is 5.91 Å². The predicted molar refractivity (Wildman–Crippen MR) is 75.6 cm³/mol. The van der Waals surface area contributed by atoms with Crippen LogP contribution < -0.4 is 5.32 Å². The van der Waals surface area contributed by atoms with E-state index in [1.165, 1.54) is 11.8 Å². The van der Waals surface area contributed by atoms with Gasteiger partial charge < -0.3 is 10.4 Å². The van der Waals surface area contributed by atoms with Crippen LogP contribution in [0, 0.1) is 0 Å². The van der Waals surface area contributed by atoms with Gasteiger partial charge in [0, 0.05) is 10.9 Å². The number of hydrogen-bond donors (Lipinski definition) is 2. The van der Waals surface area contributed by atoms with E-state index >= 15 is 0 Å². The second kappa shape index (κ2) is 8.16. The van der Waals surface area contributed by atoms with E-state index < -0.39 is 0 Å². The van der Waals surface area contributed by atoms with E-state index in [0.717, 1.165) is 23.3 Å². The second-order valence-corrected chi connectivity index (χ2v) is 5.40. The first kappa shape index (κ1) is 15.1. The van der Waals surface area contributed by atoms with Crippen molar-refractivity contribution in [1.29, 1.82) is 0 Å².